The predicted molar refractivity (Wildman–Crippen MR) is 233 cm³/mol. The van der Waals surface area contributed by atoms with E-state index >= 15 is 0 Å². The Bertz CT molecular complexity index is 3130. The number of fused-ring (bicyclic) bond motifs is 2. The second-order valence-corrected chi connectivity index (χ2v) is 15.4. The third-order valence-electron chi connectivity index (χ3n) is 10.5. The van der Waals surface area contributed by atoms with Gasteiger partial charge < -0.3 is 29.7 Å². The fourth-order valence-electron chi connectivity index (χ4n) is 7.12. The SMILES string of the molecule is Cc1ccc(F)cc1-c1ccc(-c2nc3ccc(CNCCC(=O)O)cc3o2)cc1C(F)(F)F.O=C(O)C(F)CNCc1ccc2nc(-c3ccc(-c4ccccc4F)c(C(F)(F)F)c3)oc2c1. The Labute approximate surface area is 380 Å². The van der Waals surface area contributed by atoms with Gasteiger partial charge >= 0.3 is 24.3 Å². The van der Waals surface area contributed by atoms with Crippen molar-refractivity contribution < 1.29 is 68.2 Å². The summed E-state index contributed by atoms with van der Waals surface area (Å²) in [5.41, 5.74) is 1.34. The van der Waals surface area contributed by atoms with Crippen LogP contribution in [0.1, 0.15) is 34.2 Å². The van der Waals surface area contributed by atoms with Crippen molar-refractivity contribution in [2.24, 2.45) is 0 Å². The van der Waals surface area contributed by atoms with Gasteiger partial charge in [-0.05, 0) is 107 Å². The van der Waals surface area contributed by atoms with E-state index in [1.165, 1.54) is 54.6 Å². The number of halogens is 9. The molecule has 0 aliphatic carbocycles. The van der Waals surface area contributed by atoms with E-state index < -0.39 is 53.2 Å². The summed E-state index contributed by atoms with van der Waals surface area (Å²) < 4.78 is 136. The molecule has 1 unspecified atom stereocenters. The van der Waals surface area contributed by atoms with Crippen molar-refractivity contribution in [1.82, 2.24) is 20.6 Å². The molecule has 0 bridgehead atoms. The number of aliphatic carboxylic acids is 2. The van der Waals surface area contributed by atoms with E-state index in [9.17, 15) is 49.1 Å². The molecule has 6 aromatic carbocycles. The van der Waals surface area contributed by atoms with Crippen molar-refractivity contribution >= 4 is 34.1 Å². The number of hydrogen-bond donors (Lipinski definition) is 4. The number of nitrogens with zero attached hydrogens (tertiary/aromatic N) is 2. The number of aryl methyl sites for hydroxylation is 1. The van der Waals surface area contributed by atoms with Gasteiger partial charge in [0.05, 0.1) is 17.5 Å². The first kappa shape index (κ1) is 48.4. The summed E-state index contributed by atoms with van der Waals surface area (Å²) in [5.74, 6) is -3.89. The molecule has 19 heteroatoms. The smallest absolute Gasteiger partial charge is 0.417 e. The fourth-order valence-corrected chi connectivity index (χ4v) is 7.12. The molecule has 4 N–H and O–H groups in total. The highest BCUT2D eigenvalue weighted by molar-refractivity contribution is 5.81. The zero-order valence-electron chi connectivity index (χ0n) is 35.4. The van der Waals surface area contributed by atoms with Crippen LogP contribution in [0, 0.1) is 18.6 Å². The van der Waals surface area contributed by atoms with Crippen molar-refractivity contribution in [2.75, 3.05) is 13.1 Å². The third-order valence-corrected chi connectivity index (χ3v) is 10.5. The number of rotatable bonds is 14. The van der Waals surface area contributed by atoms with Crippen LogP contribution in [-0.4, -0.2) is 51.4 Å². The molecule has 0 aliphatic heterocycles. The minimum Gasteiger partial charge on any atom is -0.481 e. The van der Waals surface area contributed by atoms with Crippen LogP contribution in [0.3, 0.4) is 0 Å². The highest BCUT2D eigenvalue weighted by Crippen LogP contribution is 2.42. The van der Waals surface area contributed by atoms with Crippen LogP contribution >= 0.6 is 0 Å². The summed E-state index contributed by atoms with van der Waals surface area (Å²) in [6, 6.07) is 26.1. The first-order valence-electron chi connectivity index (χ1n) is 20.5. The summed E-state index contributed by atoms with van der Waals surface area (Å²) in [6.07, 6.45) is -11.5. The average Bonchev–Trinajstić information content (AvgIpc) is 3.92. The highest BCUT2D eigenvalue weighted by atomic mass is 19.4. The Morgan fingerprint density at radius 3 is 1.68 bits per heavy atom. The number of hydrogen-bond acceptors (Lipinski definition) is 8. The fraction of sp³-hybridized carbons (Fsp3) is 0.184. The zero-order chi connectivity index (χ0) is 48.9. The number of nitrogens with one attached hydrogen (secondary N) is 2. The molecule has 352 valence electrons. The predicted octanol–water partition coefficient (Wildman–Crippen LogP) is 12.0. The third kappa shape index (κ3) is 11.5. The largest absolute Gasteiger partial charge is 0.481 e. The van der Waals surface area contributed by atoms with Gasteiger partial charge in [-0.3, -0.25) is 4.79 Å². The number of aromatic nitrogens is 2. The second kappa shape index (κ2) is 20.2. The summed E-state index contributed by atoms with van der Waals surface area (Å²) in [4.78, 5) is 29.7. The molecule has 0 spiro atoms. The topological polar surface area (TPSA) is 151 Å². The highest BCUT2D eigenvalue weighted by Gasteiger charge is 2.36. The minimum absolute atomic E-state index is 0.0125. The van der Waals surface area contributed by atoms with Crippen LogP contribution in [0.4, 0.5) is 39.5 Å². The van der Waals surface area contributed by atoms with Crippen LogP contribution in [0.2, 0.25) is 0 Å². The van der Waals surface area contributed by atoms with Gasteiger partial charge in [0.25, 0.3) is 0 Å². The standard InChI is InChI=1S/C25H20F4N2O3.C24H17F5N2O3/c1-14-2-5-17(26)12-19(14)18-6-4-16(11-20(18)25(27,28)29)24-31-21-7-3-15(10-22(21)34-24)13-30-9-8-23(32)33;25-18-4-2-1-3-16(18)15-7-6-14(10-17(15)24(27,28)29)22-31-20-8-5-13(9-21(20)34-22)11-30-12-19(26)23(32)33/h2-7,10-12,30H,8-9,13H2,1H3,(H,32,33);1-10,19,30H,11-12H2,(H,32,33). The lowest BCUT2D eigenvalue weighted by atomic mass is 9.94. The molecule has 68 heavy (non-hydrogen) atoms. The van der Waals surface area contributed by atoms with Gasteiger partial charge in [-0.2, -0.15) is 26.3 Å². The Kier molecular flexibility index (Phi) is 14.4. The maximum atomic E-state index is 14.2. The molecular formula is C49H37F9N4O6. The number of carbonyl (C=O) groups is 2. The van der Waals surface area contributed by atoms with Gasteiger partial charge in [0.2, 0.25) is 18.0 Å². The lowest BCUT2D eigenvalue weighted by Gasteiger charge is -2.15. The Hall–Kier alpha value is -7.51. The number of benzene rings is 6. The van der Waals surface area contributed by atoms with Gasteiger partial charge in [-0.25, -0.2) is 27.9 Å². The molecule has 0 saturated carbocycles. The quantitative estimate of drug-likeness (QED) is 0.0613. The van der Waals surface area contributed by atoms with E-state index in [1.807, 2.05) is 0 Å². The van der Waals surface area contributed by atoms with Crippen LogP contribution < -0.4 is 10.6 Å². The molecule has 8 aromatic rings. The summed E-state index contributed by atoms with van der Waals surface area (Å²) in [6.45, 7) is 2.09. The summed E-state index contributed by atoms with van der Waals surface area (Å²) >= 11 is 0. The van der Waals surface area contributed by atoms with E-state index in [-0.39, 0.29) is 70.3 Å². The van der Waals surface area contributed by atoms with E-state index in [1.54, 1.807) is 43.3 Å². The summed E-state index contributed by atoms with van der Waals surface area (Å²) in [7, 11) is 0. The Morgan fingerprint density at radius 1 is 0.632 bits per heavy atom. The van der Waals surface area contributed by atoms with Gasteiger partial charge in [0.1, 0.15) is 22.7 Å². The second-order valence-electron chi connectivity index (χ2n) is 15.4. The molecule has 10 nitrogen and oxygen atoms in total. The van der Waals surface area contributed by atoms with E-state index in [0.29, 0.717) is 40.8 Å². The van der Waals surface area contributed by atoms with Crippen LogP contribution in [-0.2, 0) is 35.0 Å². The van der Waals surface area contributed by atoms with Gasteiger partial charge in [0.15, 0.2) is 11.2 Å². The van der Waals surface area contributed by atoms with Crippen molar-refractivity contribution in [1.29, 1.82) is 0 Å². The molecule has 0 aliphatic rings. The van der Waals surface area contributed by atoms with E-state index in [4.69, 9.17) is 19.0 Å². The molecule has 1 atom stereocenters. The van der Waals surface area contributed by atoms with Crippen molar-refractivity contribution in [3.63, 3.8) is 0 Å². The Balaban J connectivity index is 0.000000201. The monoisotopic (exact) mass is 948 g/mol. The van der Waals surface area contributed by atoms with Crippen molar-refractivity contribution in [3.05, 3.63) is 155 Å². The maximum Gasteiger partial charge on any atom is 0.417 e. The molecule has 0 fully saturated rings. The molecule has 0 saturated heterocycles. The molecular weight excluding hydrogens is 912 g/mol. The van der Waals surface area contributed by atoms with E-state index in [2.05, 4.69) is 20.6 Å². The van der Waals surface area contributed by atoms with Crippen LogP contribution in [0.15, 0.2) is 124 Å². The Morgan fingerprint density at radius 2 is 1.16 bits per heavy atom. The van der Waals surface area contributed by atoms with Crippen LogP contribution in [0.25, 0.3) is 67.4 Å². The molecule has 0 amide bonds. The average molecular weight is 949 g/mol. The number of carboxylic acid groups (broad SMARTS) is 2. The van der Waals surface area contributed by atoms with Gasteiger partial charge in [-0.15, -0.1) is 0 Å². The first-order chi connectivity index (χ1) is 32.2. The van der Waals surface area contributed by atoms with Gasteiger partial charge in [-0.1, -0.05) is 48.5 Å². The number of oxazole rings is 2. The number of alkyl halides is 7. The molecule has 8 rings (SSSR count). The van der Waals surface area contributed by atoms with Crippen molar-refractivity contribution in [3.8, 4) is 45.2 Å². The molecule has 0 radical (unpaired) electrons. The first-order valence-corrected chi connectivity index (χ1v) is 20.5. The zero-order valence-corrected chi connectivity index (χ0v) is 35.4. The lowest BCUT2D eigenvalue weighted by molar-refractivity contribution is -0.142. The van der Waals surface area contributed by atoms with Crippen LogP contribution in [0.5, 0.6) is 0 Å². The van der Waals surface area contributed by atoms with E-state index in [0.717, 1.165) is 29.8 Å². The molecule has 2 heterocycles. The van der Waals surface area contributed by atoms with Gasteiger partial charge in [0, 0.05) is 42.9 Å². The maximum absolute atomic E-state index is 14.2. The summed E-state index contributed by atoms with van der Waals surface area (Å²) in [5, 5.41) is 22.9. The number of carboxylic acids is 2. The lowest BCUT2D eigenvalue weighted by Crippen LogP contribution is -2.29. The minimum atomic E-state index is -4.75. The normalized spacial score (nSPS) is 12.3. The van der Waals surface area contributed by atoms with Crippen molar-refractivity contribution in [2.45, 2.75) is 45.0 Å². The molecule has 2 aromatic heterocycles.